The predicted octanol–water partition coefficient (Wildman–Crippen LogP) is 3.42. The molecule has 28 heavy (non-hydrogen) atoms. The topological polar surface area (TPSA) is 63.2 Å². The van der Waals surface area contributed by atoms with Crippen LogP contribution >= 0.6 is 11.7 Å². The van der Waals surface area contributed by atoms with Crippen LogP contribution in [0.4, 0.5) is 5.82 Å². The van der Waals surface area contributed by atoms with Crippen molar-refractivity contribution in [1.29, 1.82) is 0 Å². The Morgan fingerprint density at radius 2 is 1.96 bits per heavy atom. The fourth-order valence-corrected chi connectivity index (χ4v) is 5.39. The van der Waals surface area contributed by atoms with Crippen LogP contribution in [-0.4, -0.2) is 51.0 Å². The first-order chi connectivity index (χ1) is 13.8. The van der Waals surface area contributed by atoms with Crippen LogP contribution in [0.2, 0.25) is 0 Å². The maximum atomic E-state index is 5.85. The Bertz CT molecular complexity index is 933. The quantitative estimate of drug-likeness (QED) is 0.714. The third-order valence-electron chi connectivity index (χ3n) is 6.22. The summed E-state index contributed by atoms with van der Waals surface area (Å²) in [6, 6.07) is 12.8. The van der Waals surface area contributed by atoms with Crippen molar-refractivity contribution in [2.24, 2.45) is 11.8 Å². The summed E-state index contributed by atoms with van der Waals surface area (Å²) >= 11 is 1.28. The zero-order valence-corrected chi connectivity index (χ0v) is 16.8. The molecule has 0 bridgehead atoms. The van der Waals surface area contributed by atoms with E-state index in [1.165, 1.54) is 17.3 Å². The van der Waals surface area contributed by atoms with Crippen molar-refractivity contribution in [3.63, 3.8) is 0 Å². The molecule has 0 radical (unpaired) electrons. The maximum absolute atomic E-state index is 5.85. The van der Waals surface area contributed by atoms with Gasteiger partial charge in [0.15, 0.2) is 0 Å². The molecule has 4 atom stereocenters. The maximum Gasteiger partial charge on any atom is 0.126 e. The van der Waals surface area contributed by atoms with Crippen molar-refractivity contribution in [2.45, 2.75) is 31.5 Å². The van der Waals surface area contributed by atoms with Gasteiger partial charge in [0, 0.05) is 32.9 Å². The van der Waals surface area contributed by atoms with E-state index in [1.807, 2.05) is 31.5 Å². The summed E-state index contributed by atoms with van der Waals surface area (Å²) in [5.74, 6) is 2.35. The normalized spacial score (nSPS) is 27.8. The molecule has 0 spiro atoms. The monoisotopic (exact) mass is 395 g/mol. The van der Waals surface area contributed by atoms with Gasteiger partial charge in [-0.1, -0.05) is 12.1 Å². The van der Waals surface area contributed by atoms with Crippen LogP contribution in [0.3, 0.4) is 0 Å². The molecule has 5 rings (SSSR count). The summed E-state index contributed by atoms with van der Waals surface area (Å²) in [7, 11) is 1.84. The number of pyridine rings is 1. The highest BCUT2D eigenvalue weighted by Crippen LogP contribution is 2.39. The standard InChI is InChI=1S/C21H25N5OS/c1-27-20-10-16-13-26(11-14-5-6-17-18(8-14)25-28-24-17)12-15(16)9-19(20)23-21-4-2-3-7-22-21/h2-8,15-16,19-20H,9-13H2,1H3,(H,22,23)/t15-,16+,19-,20-/m1/s1. The summed E-state index contributed by atoms with van der Waals surface area (Å²) in [5, 5.41) is 3.61. The molecule has 1 aliphatic heterocycles. The van der Waals surface area contributed by atoms with E-state index in [0.717, 1.165) is 49.3 Å². The number of methoxy groups -OCH3 is 1. The molecule has 1 N–H and O–H groups in total. The zero-order chi connectivity index (χ0) is 18.9. The zero-order valence-electron chi connectivity index (χ0n) is 16.0. The third kappa shape index (κ3) is 3.62. The molecule has 1 aromatic carbocycles. The van der Waals surface area contributed by atoms with Crippen LogP contribution in [0, 0.1) is 11.8 Å². The van der Waals surface area contributed by atoms with Gasteiger partial charge in [-0.25, -0.2) is 4.98 Å². The Kier molecular flexibility index (Phi) is 4.96. The number of rotatable bonds is 5. The van der Waals surface area contributed by atoms with Gasteiger partial charge in [0.05, 0.1) is 23.9 Å². The van der Waals surface area contributed by atoms with Crippen molar-refractivity contribution in [3.8, 4) is 0 Å². The van der Waals surface area contributed by atoms with Crippen molar-refractivity contribution >= 4 is 28.6 Å². The first-order valence-electron chi connectivity index (χ1n) is 9.92. The minimum Gasteiger partial charge on any atom is -0.379 e. The van der Waals surface area contributed by atoms with Crippen LogP contribution < -0.4 is 5.32 Å². The lowest BCUT2D eigenvalue weighted by Crippen LogP contribution is -2.44. The van der Waals surface area contributed by atoms with Crippen LogP contribution in [0.15, 0.2) is 42.6 Å². The molecular weight excluding hydrogens is 370 g/mol. The van der Waals surface area contributed by atoms with Gasteiger partial charge in [0.2, 0.25) is 0 Å². The molecule has 0 amide bonds. The van der Waals surface area contributed by atoms with Gasteiger partial charge in [-0.3, -0.25) is 4.90 Å². The van der Waals surface area contributed by atoms with Crippen LogP contribution in [0.5, 0.6) is 0 Å². The molecule has 6 nitrogen and oxygen atoms in total. The van der Waals surface area contributed by atoms with E-state index in [2.05, 4.69) is 42.1 Å². The second kappa shape index (κ2) is 7.73. The van der Waals surface area contributed by atoms with E-state index in [9.17, 15) is 0 Å². The van der Waals surface area contributed by atoms with Gasteiger partial charge >= 0.3 is 0 Å². The average Bonchev–Trinajstić information content (AvgIpc) is 3.33. The lowest BCUT2D eigenvalue weighted by atomic mass is 9.77. The van der Waals surface area contributed by atoms with E-state index in [0.29, 0.717) is 17.9 Å². The number of anilines is 1. The SMILES string of the molecule is CO[C@@H]1C[C@H]2CN(Cc3ccc4nsnc4c3)C[C@H]2C[C@H]1Nc1ccccn1. The summed E-state index contributed by atoms with van der Waals surface area (Å²) in [6.07, 6.45) is 4.31. The summed E-state index contributed by atoms with van der Waals surface area (Å²) < 4.78 is 14.5. The molecule has 7 heteroatoms. The van der Waals surface area contributed by atoms with E-state index in [-0.39, 0.29) is 6.10 Å². The molecule has 1 aliphatic carbocycles. The van der Waals surface area contributed by atoms with Gasteiger partial charge in [0.1, 0.15) is 16.9 Å². The Morgan fingerprint density at radius 1 is 1.11 bits per heavy atom. The number of hydrogen-bond acceptors (Lipinski definition) is 7. The fourth-order valence-electron chi connectivity index (χ4n) is 4.87. The van der Waals surface area contributed by atoms with Crippen LogP contribution in [0.1, 0.15) is 18.4 Å². The van der Waals surface area contributed by atoms with Crippen molar-refractivity contribution in [1.82, 2.24) is 18.6 Å². The highest BCUT2D eigenvalue weighted by atomic mass is 32.1. The Morgan fingerprint density at radius 3 is 2.79 bits per heavy atom. The number of benzene rings is 1. The molecule has 1 saturated carbocycles. The van der Waals surface area contributed by atoms with Crippen molar-refractivity contribution in [2.75, 3.05) is 25.5 Å². The number of fused-ring (bicyclic) bond motifs is 2. The lowest BCUT2D eigenvalue weighted by Gasteiger charge is -2.37. The molecule has 3 heterocycles. The molecular formula is C21H25N5OS. The molecule has 2 aromatic heterocycles. The minimum absolute atomic E-state index is 0.237. The smallest absolute Gasteiger partial charge is 0.126 e. The Labute approximate surface area is 169 Å². The number of hydrogen-bond donors (Lipinski definition) is 1. The first-order valence-corrected chi connectivity index (χ1v) is 10.7. The molecule has 1 saturated heterocycles. The van der Waals surface area contributed by atoms with Gasteiger partial charge in [-0.15, -0.1) is 0 Å². The second-order valence-corrected chi connectivity index (χ2v) is 8.54. The largest absolute Gasteiger partial charge is 0.379 e. The van der Waals surface area contributed by atoms with Crippen LogP contribution in [-0.2, 0) is 11.3 Å². The molecule has 2 fully saturated rings. The summed E-state index contributed by atoms with van der Waals surface area (Å²) in [5.41, 5.74) is 3.33. The Balaban J connectivity index is 1.25. The number of nitrogens with zero attached hydrogens (tertiary/aromatic N) is 4. The average molecular weight is 396 g/mol. The minimum atomic E-state index is 0.237. The highest BCUT2D eigenvalue weighted by Gasteiger charge is 2.42. The summed E-state index contributed by atoms with van der Waals surface area (Å²) in [6.45, 7) is 3.28. The number of likely N-dealkylation sites (tertiary alicyclic amines) is 1. The number of aromatic nitrogens is 3. The predicted molar refractivity (Wildman–Crippen MR) is 111 cm³/mol. The van der Waals surface area contributed by atoms with Crippen molar-refractivity contribution < 1.29 is 4.74 Å². The van der Waals surface area contributed by atoms with Gasteiger partial charge in [0.25, 0.3) is 0 Å². The third-order valence-corrected chi connectivity index (χ3v) is 6.77. The number of nitrogens with one attached hydrogen (secondary N) is 1. The fraction of sp³-hybridized carbons (Fsp3) is 0.476. The van der Waals surface area contributed by atoms with Crippen LogP contribution in [0.25, 0.3) is 11.0 Å². The number of ether oxygens (including phenoxy) is 1. The second-order valence-electron chi connectivity index (χ2n) is 8.01. The molecule has 146 valence electrons. The highest BCUT2D eigenvalue weighted by molar-refractivity contribution is 7.00. The first kappa shape index (κ1) is 18.0. The van der Waals surface area contributed by atoms with Crippen molar-refractivity contribution in [3.05, 3.63) is 48.2 Å². The van der Waals surface area contributed by atoms with E-state index < -0.39 is 0 Å². The molecule has 2 aliphatic rings. The van der Waals surface area contributed by atoms with Gasteiger partial charge in [-0.2, -0.15) is 8.75 Å². The van der Waals surface area contributed by atoms with E-state index in [4.69, 9.17) is 4.74 Å². The van der Waals surface area contributed by atoms with Gasteiger partial charge in [-0.05, 0) is 54.5 Å². The molecule has 0 unspecified atom stereocenters. The molecule has 3 aromatic rings. The Hall–Kier alpha value is -2.09. The van der Waals surface area contributed by atoms with E-state index >= 15 is 0 Å². The van der Waals surface area contributed by atoms with Gasteiger partial charge < -0.3 is 10.1 Å². The summed E-state index contributed by atoms with van der Waals surface area (Å²) in [4.78, 5) is 7.02. The van der Waals surface area contributed by atoms with E-state index in [1.54, 1.807) is 0 Å². The lowest BCUT2D eigenvalue weighted by molar-refractivity contribution is 0.0304.